The molecule has 0 fully saturated rings. The average Bonchev–Trinajstić information content (AvgIpc) is 1.69. The topological polar surface area (TPSA) is 20.2 Å². The van der Waals surface area contributed by atoms with Crippen molar-refractivity contribution in [3.05, 3.63) is 12.2 Å². The van der Waals surface area contributed by atoms with Crippen molar-refractivity contribution >= 4 is 0 Å². The molecule has 0 aromatic heterocycles. The van der Waals surface area contributed by atoms with E-state index in [1.165, 1.54) is 0 Å². The Balaban J connectivity index is 0. The SMILES string of the molecule is CC=CC.CCO. The molecule has 0 aliphatic rings. The van der Waals surface area contributed by atoms with Crippen molar-refractivity contribution in [2.45, 2.75) is 20.8 Å². The second kappa shape index (κ2) is 17.3. The minimum Gasteiger partial charge on any atom is -0.397 e. The van der Waals surface area contributed by atoms with Gasteiger partial charge in [-0.1, -0.05) is 12.2 Å². The van der Waals surface area contributed by atoms with Crippen molar-refractivity contribution in [1.29, 1.82) is 0 Å². The van der Waals surface area contributed by atoms with Crippen molar-refractivity contribution in [2.24, 2.45) is 0 Å². The molecule has 0 rings (SSSR count). The van der Waals surface area contributed by atoms with E-state index in [1.54, 1.807) is 6.92 Å². The molecule has 0 unspecified atom stereocenters. The van der Waals surface area contributed by atoms with Crippen molar-refractivity contribution < 1.29 is 5.11 Å². The normalized spacial score (nSPS) is 8.00. The van der Waals surface area contributed by atoms with Crippen LogP contribution in [0.4, 0.5) is 0 Å². The van der Waals surface area contributed by atoms with Gasteiger partial charge < -0.3 is 5.11 Å². The number of aliphatic hydroxyl groups is 1. The third-order valence-corrected chi connectivity index (χ3v) is 0.333. The van der Waals surface area contributed by atoms with E-state index in [0.717, 1.165) is 0 Å². The van der Waals surface area contributed by atoms with Crippen LogP contribution in [0.15, 0.2) is 12.2 Å². The highest BCUT2D eigenvalue weighted by Gasteiger charge is 1.34. The molecule has 1 N–H and O–H groups in total. The van der Waals surface area contributed by atoms with Gasteiger partial charge >= 0.3 is 0 Å². The van der Waals surface area contributed by atoms with Crippen LogP contribution in [0.3, 0.4) is 0 Å². The summed E-state index contributed by atoms with van der Waals surface area (Å²) >= 11 is 0. The van der Waals surface area contributed by atoms with Gasteiger partial charge in [0.2, 0.25) is 0 Å². The number of allylic oxidation sites excluding steroid dienone is 2. The maximum atomic E-state index is 7.57. The summed E-state index contributed by atoms with van der Waals surface area (Å²) in [6.07, 6.45) is 4.00. The molecule has 1 nitrogen and oxygen atoms in total. The highest BCUT2D eigenvalue weighted by Crippen LogP contribution is 1.57. The molecule has 0 aliphatic heterocycles. The van der Waals surface area contributed by atoms with Crippen LogP contribution in [0.25, 0.3) is 0 Å². The van der Waals surface area contributed by atoms with Crippen LogP contribution in [0.1, 0.15) is 20.8 Å². The second-order valence-electron chi connectivity index (χ2n) is 0.983. The molecule has 7 heavy (non-hydrogen) atoms. The summed E-state index contributed by atoms with van der Waals surface area (Å²) in [5.41, 5.74) is 0. The lowest BCUT2D eigenvalue weighted by Gasteiger charge is -1.52. The molecule has 44 valence electrons. The molecule has 0 aliphatic carbocycles. The number of hydrogen-bond acceptors (Lipinski definition) is 1. The number of aliphatic hydroxyl groups excluding tert-OH is 1. The zero-order valence-corrected chi connectivity index (χ0v) is 5.31. The first-order valence-electron chi connectivity index (χ1n) is 2.51. The first-order valence-corrected chi connectivity index (χ1v) is 2.51. The Morgan fingerprint density at radius 3 is 1.43 bits per heavy atom. The zero-order valence-electron chi connectivity index (χ0n) is 5.31. The fourth-order valence-corrected chi connectivity index (χ4v) is 0. The van der Waals surface area contributed by atoms with Crippen LogP contribution in [0.5, 0.6) is 0 Å². The summed E-state index contributed by atoms with van der Waals surface area (Å²) in [4.78, 5) is 0. The Morgan fingerprint density at radius 1 is 1.29 bits per heavy atom. The van der Waals surface area contributed by atoms with Gasteiger partial charge in [-0.25, -0.2) is 0 Å². The van der Waals surface area contributed by atoms with Gasteiger partial charge in [0.05, 0.1) is 0 Å². The molecule has 0 amide bonds. The maximum Gasteiger partial charge on any atom is 0.0402 e. The summed E-state index contributed by atoms with van der Waals surface area (Å²) in [7, 11) is 0. The van der Waals surface area contributed by atoms with E-state index in [1.807, 2.05) is 26.0 Å². The van der Waals surface area contributed by atoms with Gasteiger partial charge in [0, 0.05) is 6.61 Å². The van der Waals surface area contributed by atoms with E-state index < -0.39 is 0 Å². The lowest BCUT2D eigenvalue weighted by Crippen LogP contribution is -1.57. The number of rotatable bonds is 0. The number of hydrogen-bond donors (Lipinski definition) is 1. The van der Waals surface area contributed by atoms with E-state index in [4.69, 9.17) is 5.11 Å². The van der Waals surface area contributed by atoms with Gasteiger partial charge in [0.1, 0.15) is 0 Å². The molecule has 0 saturated heterocycles. The molecular weight excluding hydrogens is 88.1 g/mol. The van der Waals surface area contributed by atoms with Gasteiger partial charge in [0.15, 0.2) is 0 Å². The molecule has 0 heterocycles. The first-order chi connectivity index (χ1) is 3.33. The summed E-state index contributed by atoms with van der Waals surface area (Å²) < 4.78 is 0. The Labute approximate surface area is 45.7 Å². The Kier molecular flexibility index (Phi) is 24.3. The van der Waals surface area contributed by atoms with Crippen LogP contribution < -0.4 is 0 Å². The van der Waals surface area contributed by atoms with Gasteiger partial charge in [-0.2, -0.15) is 0 Å². The Hall–Kier alpha value is -0.300. The molecule has 1 heteroatoms. The summed E-state index contributed by atoms with van der Waals surface area (Å²) in [5, 5.41) is 7.57. The van der Waals surface area contributed by atoms with Crippen molar-refractivity contribution in [1.82, 2.24) is 0 Å². The smallest absolute Gasteiger partial charge is 0.0402 e. The molecular formula is C6H14O. The highest BCUT2D eigenvalue weighted by molar-refractivity contribution is 4.68. The van der Waals surface area contributed by atoms with E-state index in [2.05, 4.69) is 0 Å². The van der Waals surface area contributed by atoms with Gasteiger partial charge in [-0.3, -0.25) is 0 Å². The molecule has 0 radical (unpaired) electrons. The predicted octanol–water partition coefficient (Wildman–Crippen LogP) is 1.58. The standard InChI is InChI=1S/C4H8.C2H6O/c1-3-4-2;1-2-3/h3-4H,1-2H3;3H,2H2,1H3. The maximum absolute atomic E-state index is 7.57. The monoisotopic (exact) mass is 102 g/mol. The molecule has 0 atom stereocenters. The van der Waals surface area contributed by atoms with E-state index in [-0.39, 0.29) is 6.61 Å². The van der Waals surface area contributed by atoms with E-state index in [9.17, 15) is 0 Å². The minimum atomic E-state index is 0.250. The second-order valence-corrected chi connectivity index (χ2v) is 0.983. The molecule has 0 spiro atoms. The van der Waals surface area contributed by atoms with Crippen LogP contribution in [0, 0.1) is 0 Å². The first kappa shape index (κ1) is 9.85. The zero-order chi connectivity index (χ0) is 6.12. The lowest BCUT2D eigenvalue weighted by atomic mass is 10.6. The van der Waals surface area contributed by atoms with E-state index in [0.29, 0.717) is 0 Å². The van der Waals surface area contributed by atoms with Crippen LogP contribution in [-0.4, -0.2) is 11.7 Å². The fraction of sp³-hybridized carbons (Fsp3) is 0.667. The third kappa shape index (κ3) is 159. The van der Waals surface area contributed by atoms with Crippen molar-refractivity contribution in [3.8, 4) is 0 Å². The summed E-state index contributed by atoms with van der Waals surface area (Å²) in [5.74, 6) is 0. The molecule has 0 saturated carbocycles. The lowest BCUT2D eigenvalue weighted by molar-refractivity contribution is 0.318. The van der Waals surface area contributed by atoms with Gasteiger partial charge in [-0.15, -0.1) is 0 Å². The van der Waals surface area contributed by atoms with Crippen LogP contribution in [0.2, 0.25) is 0 Å². The average molecular weight is 102 g/mol. The largest absolute Gasteiger partial charge is 0.397 e. The Bertz CT molecular complexity index is 27.2. The third-order valence-electron chi connectivity index (χ3n) is 0.333. The predicted molar refractivity (Wildman–Crippen MR) is 33.2 cm³/mol. The van der Waals surface area contributed by atoms with Crippen molar-refractivity contribution in [2.75, 3.05) is 6.61 Å². The van der Waals surface area contributed by atoms with Crippen molar-refractivity contribution in [3.63, 3.8) is 0 Å². The fourth-order valence-electron chi connectivity index (χ4n) is 0. The Morgan fingerprint density at radius 2 is 1.43 bits per heavy atom. The minimum absolute atomic E-state index is 0.250. The summed E-state index contributed by atoms with van der Waals surface area (Å²) in [6, 6.07) is 0. The van der Waals surface area contributed by atoms with Crippen LogP contribution in [-0.2, 0) is 0 Å². The molecule has 0 bridgehead atoms. The van der Waals surface area contributed by atoms with Gasteiger partial charge in [0.25, 0.3) is 0 Å². The molecule has 0 aromatic carbocycles. The molecule has 0 aromatic rings. The quantitative estimate of drug-likeness (QED) is 0.460. The summed E-state index contributed by atoms with van der Waals surface area (Å²) in [6.45, 7) is 5.93. The van der Waals surface area contributed by atoms with Gasteiger partial charge in [-0.05, 0) is 20.8 Å². The van der Waals surface area contributed by atoms with Crippen LogP contribution >= 0.6 is 0 Å². The highest BCUT2D eigenvalue weighted by atomic mass is 16.2. The van der Waals surface area contributed by atoms with E-state index >= 15 is 0 Å².